The summed E-state index contributed by atoms with van der Waals surface area (Å²) in [6.07, 6.45) is 0. The van der Waals surface area contributed by atoms with Gasteiger partial charge in [0, 0.05) is 12.1 Å². The summed E-state index contributed by atoms with van der Waals surface area (Å²) in [5.74, 6) is -1.76. The van der Waals surface area contributed by atoms with Crippen LogP contribution in [-0.4, -0.2) is 17.5 Å². The van der Waals surface area contributed by atoms with E-state index in [-0.39, 0.29) is 35.1 Å². The highest BCUT2D eigenvalue weighted by atomic mass is 16.6. The molecule has 3 aromatic rings. The number of ether oxygens (including phenoxy) is 2. The number of carbonyl (C=O) groups excluding carboxylic acids is 1. The minimum absolute atomic E-state index is 0.0687. The first kappa shape index (κ1) is 19.2. The Morgan fingerprint density at radius 2 is 1.90 bits per heavy atom. The van der Waals surface area contributed by atoms with Gasteiger partial charge in [-0.15, -0.1) is 0 Å². The number of nitro groups is 1. The third kappa shape index (κ3) is 3.06. The zero-order chi connectivity index (χ0) is 21.4. The summed E-state index contributed by atoms with van der Waals surface area (Å²) in [5.41, 5.74) is 5.98. The number of nitro benzene ring substituents is 1. The molecule has 0 bridgehead atoms. The van der Waals surface area contributed by atoms with Crippen molar-refractivity contribution in [3.05, 3.63) is 91.6 Å². The summed E-state index contributed by atoms with van der Waals surface area (Å²) >= 11 is 0. The van der Waals surface area contributed by atoms with E-state index < -0.39 is 22.4 Å². The summed E-state index contributed by atoms with van der Waals surface area (Å²) < 4.78 is 16.3. The Bertz CT molecular complexity index is 1260. The summed E-state index contributed by atoms with van der Waals surface area (Å²) in [5, 5.41) is 11.5. The molecule has 152 valence electrons. The molecule has 0 unspecified atom stereocenters. The van der Waals surface area contributed by atoms with Crippen LogP contribution in [0.1, 0.15) is 24.0 Å². The molecular formula is C21H16N2O7. The van der Waals surface area contributed by atoms with Gasteiger partial charge in [0.2, 0.25) is 5.88 Å². The largest absolute Gasteiger partial charge is 0.462 e. The standard InChI is InChI=1S/C21H16N2O7/c1-2-28-20(24)17-15(11-7-9-12(10-8-11)23(26)27)16-18(30-19(17)22)13-5-3-4-6-14(13)29-21(16)25/h3-10,15H,2,22H2,1H3/t15-/m0/s1. The molecule has 0 fully saturated rings. The van der Waals surface area contributed by atoms with Gasteiger partial charge in [-0.3, -0.25) is 10.1 Å². The van der Waals surface area contributed by atoms with E-state index in [0.29, 0.717) is 16.5 Å². The number of hydrogen-bond acceptors (Lipinski definition) is 8. The molecule has 2 aromatic carbocycles. The Morgan fingerprint density at radius 1 is 1.20 bits per heavy atom. The molecule has 0 saturated heterocycles. The van der Waals surface area contributed by atoms with Crippen LogP contribution in [0.3, 0.4) is 0 Å². The van der Waals surface area contributed by atoms with E-state index in [4.69, 9.17) is 19.6 Å². The van der Waals surface area contributed by atoms with Crippen molar-refractivity contribution in [2.24, 2.45) is 5.73 Å². The summed E-state index contributed by atoms with van der Waals surface area (Å²) in [6, 6.07) is 12.2. The highest BCUT2D eigenvalue weighted by Gasteiger charge is 2.39. The van der Waals surface area contributed by atoms with Crippen molar-refractivity contribution < 1.29 is 23.6 Å². The first-order chi connectivity index (χ1) is 14.4. The minimum atomic E-state index is -0.977. The van der Waals surface area contributed by atoms with Gasteiger partial charge in [0.15, 0.2) is 5.75 Å². The zero-order valence-corrected chi connectivity index (χ0v) is 15.8. The molecule has 9 heteroatoms. The molecule has 1 atom stereocenters. The molecule has 0 saturated carbocycles. The van der Waals surface area contributed by atoms with Crippen molar-refractivity contribution in [1.82, 2.24) is 0 Å². The second-order valence-electron chi connectivity index (χ2n) is 6.51. The predicted molar refractivity (Wildman–Crippen MR) is 106 cm³/mol. The molecule has 1 aliphatic rings. The normalized spacial score (nSPS) is 15.4. The van der Waals surface area contributed by atoms with Crippen LogP contribution in [0.4, 0.5) is 5.69 Å². The Kier molecular flexibility index (Phi) is 4.71. The maximum absolute atomic E-state index is 12.9. The Balaban J connectivity index is 2.00. The smallest absolute Gasteiger partial charge is 0.344 e. The lowest BCUT2D eigenvalue weighted by molar-refractivity contribution is -0.384. The van der Waals surface area contributed by atoms with Gasteiger partial charge in [-0.05, 0) is 24.6 Å². The van der Waals surface area contributed by atoms with Crippen LogP contribution < -0.4 is 16.1 Å². The fourth-order valence-corrected chi connectivity index (χ4v) is 3.50. The second kappa shape index (κ2) is 7.36. The molecule has 9 nitrogen and oxygen atoms in total. The Morgan fingerprint density at radius 3 is 2.57 bits per heavy atom. The fraction of sp³-hybridized carbons (Fsp3) is 0.143. The maximum atomic E-state index is 12.9. The summed E-state index contributed by atoms with van der Waals surface area (Å²) in [7, 11) is 0. The van der Waals surface area contributed by atoms with Crippen LogP contribution in [0.2, 0.25) is 0 Å². The van der Waals surface area contributed by atoms with Gasteiger partial charge < -0.3 is 19.6 Å². The van der Waals surface area contributed by atoms with Crippen LogP contribution >= 0.6 is 0 Å². The maximum Gasteiger partial charge on any atom is 0.344 e. The number of carbonyl (C=O) groups is 1. The van der Waals surface area contributed by atoms with Gasteiger partial charge in [-0.25, -0.2) is 9.59 Å². The lowest BCUT2D eigenvalue weighted by Gasteiger charge is -2.27. The minimum Gasteiger partial charge on any atom is -0.462 e. The lowest BCUT2D eigenvalue weighted by Crippen LogP contribution is -2.31. The van der Waals surface area contributed by atoms with E-state index in [1.165, 1.54) is 24.3 Å². The Hall–Kier alpha value is -4.14. The van der Waals surface area contributed by atoms with Crippen molar-refractivity contribution in [2.45, 2.75) is 12.8 Å². The number of benzene rings is 2. The van der Waals surface area contributed by atoms with E-state index in [0.717, 1.165) is 0 Å². The molecule has 0 amide bonds. The average molecular weight is 408 g/mol. The Labute approximate surface area is 169 Å². The van der Waals surface area contributed by atoms with Crippen LogP contribution in [0, 0.1) is 10.1 Å². The SMILES string of the molecule is CCOC(=O)C1=C(N)Oc2c(c(=O)oc3ccccc23)[C@@H]1c1ccc([N+](=O)[O-])cc1. The van der Waals surface area contributed by atoms with Crippen molar-refractivity contribution in [1.29, 1.82) is 0 Å². The van der Waals surface area contributed by atoms with E-state index in [1.54, 1.807) is 31.2 Å². The zero-order valence-electron chi connectivity index (χ0n) is 15.8. The third-order valence-corrected chi connectivity index (χ3v) is 4.79. The quantitative estimate of drug-likeness (QED) is 0.301. The average Bonchev–Trinajstić information content (AvgIpc) is 2.73. The number of nitrogens with two attached hydrogens (primary N) is 1. The molecule has 0 aliphatic carbocycles. The van der Waals surface area contributed by atoms with Crippen molar-refractivity contribution in [2.75, 3.05) is 6.61 Å². The summed E-state index contributed by atoms with van der Waals surface area (Å²) in [6.45, 7) is 1.72. The highest BCUT2D eigenvalue weighted by Crippen LogP contribution is 2.44. The van der Waals surface area contributed by atoms with E-state index >= 15 is 0 Å². The van der Waals surface area contributed by atoms with Crippen molar-refractivity contribution in [3.63, 3.8) is 0 Å². The number of hydrogen-bond donors (Lipinski definition) is 1. The van der Waals surface area contributed by atoms with Gasteiger partial charge in [0.25, 0.3) is 5.69 Å². The van der Waals surface area contributed by atoms with E-state index in [2.05, 4.69) is 0 Å². The molecule has 0 radical (unpaired) electrons. The second-order valence-corrected chi connectivity index (χ2v) is 6.51. The fourth-order valence-electron chi connectivity index (χ4n) is 3.50. The number of nitrogens with zero attached hydrogens (tertiary/aromatic N) is 1. The molecule has 2 N–H and O–H groups in total. The first-order valence-corrected chi connectivity index (χ1v) is 9.07. The lowest BCUT2D eigenvalue weighted by atomic mass is 9.83. The number of non-ortho nitro benzene ring substituents is 1. The number of fused-ring (bicyclic) bond motifs is 3. The van der Waals surface area contributed by atoms with Gasteiger partial charge in [-0.2, -0.15) is 0 Å². The monoisotopic (exact) mass is 408 g/mol. The van der Waals surface area contributed by atoms with Crippen LogP contribution in [-0.2, 0) is 9.53 Å². The number of esters is 1. The van der Waals surface area contributed by atoms with Crippen LogP contribution in [0.5, 0.6) is 5.75 Å². The molecular weight excluding hydrogens is 392 g/mol. The predicted octanol–water partition coefficient (Wildman–Crippen LogP) is 2.96. The molecule has 0 spiro atoms. The molecule has 2 heterocycles. The topological polar surface area (TPSA) is 135 Å². The van der Waals surface area contributed by atoms with Crippen LogP contribution in [0.15, 0.2) is 69.2 Å². The van der Waals surface area contributed by atoms with Crippen LogP contribution in [0.25, 0.3) is 11.0 Å². The summed E-state index contributed by atoms with van der Waals surface area (Å²) in [4.78, 5) is 36.0. The number of para-hydroxylation sites is 1. The van der Waals surface area contributed by atoms with Gasteiger partial charge in [0.05, 0.1) is 28.4 Å². The van der Waals surface area contributed by atoms with Gasteiger partial charge >= 0.3 is 11.6 Å². The van der Waals surface area contributed by atoms with Gasteiger partial charge in [0.1, 0.15) is 11.2 Å². The molecule has 4 rings (SSSR count). The van der Waals surface area contributed by atoms with Gasteiger partial charge in [-0.1, -0.05) is 24.3 Å². The van der Waals surface area contributed by atoms with E-state index in [9.17, 15) is 19.7 Å². The third-order valence-electron chi connectivity index (χ3n) is 4.79. The molecule has 1 aliphatic heterocycles. The first-order valence-electron chi connectivity index (χ1n) is 9.07. The van der Waals surface area contributed by atoms with Crippen molar-refractivity contribution in [3.8, 4) is 5.75 Å². The molecule has 30 heavy (non-hydrogen) atoms. The molecule has 1 aromatic heterocycles. The van der Waals surface area contributed by atoms with E-state index in [1.807, 2.05) is 0 Å². The highest BCUT2D eigenvalue weighted by molar-refractivity contribution is 5.94. The number of rotatable bonds is 4. The van der Waals surface area contributed by atoms with Crippen molar-refractivity contribution >= 4 is 22.6 Å².